The van der Waals surface area contributed by atoms with Gasteiger partial charge in [0.2, 0.25) is 0 Å². The number of nitrogens with one attached hydrogen (secondary N) is 1. The Labute approximate surface area is 114 Å². The second-order valence-electron chi connectivity index (χ2n) is 4.87. The highest BCUT2D eigenvalue weighted by atomic mass is 16.5. The van der Waals surface area contributed by atoms with Crippen LogP contribution in [-0.4, -0.2) is 25.3 Å². The standard InChI is InChI=1S/C16H33NO/c1-5-9-10-11-12-14-15(17-7-3)16(13-6-2)18-8-4/h5,15-17H,1,6-14H2,2-4H3. The third-order valence-electron chi connectivity index (χ3n) is 3.29. The lowest BCUT2D eigenvalue weighted by Gasteiger charge is -2.27. The third-order valence-corrected chi connectivity index (χ3v) is 3.29. The van der Waals surface area contributed by atoms with Crippen LogP contribution in [0.5, 0.6) is 0 Å². The average molecular weight is 255 g/mol. The predicted molar refractivity (Wildman–Crippen MR) is 81.1 cm³/mol. The molecule has 0 aromatic carbocycles. The topological polar surface area (TPSA) is 21.3 Å². The second-order valence-corrected chi connectivity index (χ2v) is 4.87. The lowest BCUT2D eigenvalue weighted by atomic mass is 9.99. The Kier molecular flexibility index (Phi) is 12.9. The van der Waals surface area contributed by atoms with E-state index in [4.69, 9.17) is 4.74 Å². The lowest BCUT2D eigenvalue weighted by Crippen LogP contribution is -2.41. The minimum absolute atomic E-state index is 0.388. The molecular weight excluding hydrogens is 222 g/mol. The van der Waals surface area contributed by atoms with Crippen molar-refractivity contribution in [2.24, 2.45) is 0 Å². The number of allylic oxidation sites excluding steroid dienone is 1. The van der Waals surface area contributed by atoms with Crippen LogP contribution in [0.2, 0.25) is 0 Å². The molecule has 0 saturated carbocycles. The summed E-state index contributed by atoms with van der Waals surface area (Å²) in [7, 11) is 0. The lowest BCUT2D eigenvalue weighted by molar-refractivity contribution is 0.0257. The van der Waals surface area contributed by atoms with E-state index in [-0.39, 0.29) is 0 Å². The van der Waals surface area contributed by atoms with E-state index in [0.717, 1.165) is 26.0 Å². The summed E-state index contributed by atoms with van der Waals surface area (Å²) in [6, 6.07) is 0.527. The molecule has 0 aromatic rings. The fourth-order valence-corrected chi connectivity index (χ4v) is 2.41. The van der Waals surface area contributed by atoms with Gasteiger partial charge in [0.1, 0.15) is 0 Å². The molecule has 0 aromatic heterocycles. The summed E-state index contributed by atoms with van der Waals surface area (Å²) in [5.41, 5.74) is 0. The molecular formula is C16H33NO. The molecule has 2 atom stereocenters. The van der Waals surface area contributed by atoms with Gasteiger partial charge in [0, 0.05) is 12.6 Å². The van der Waals surface area contributed by atoms with Gasteiger partial charge in [0.25, 0.3) is 0 Å². The molecule has 0 aliphatic carbocycles. The van der Waals surface area contributed by atoms with E-state index >= 15 is 0 Å². The van der Waals surface area contributed by atoms with Crippen LogP contribution in [0.3, 0.4) is 0 Å². The number of hydrogen-bond donors (Lipinski definition) is 1. The summed E-state index contributed by atoms with van der Waals surface area (Å²) in [6.07, 6.45) is 11.0. The highest BCUT2D eigenvalue weighted by Gasteiger charge is 2.19. The van der Waals surface area contributed by atoms with Gasteiger partial charge in [-0.3, -0.25) is 0 Å². The molecule has 0 bridgehead atoms. The maximum atomic E-state index is 5.90. The zero-order valence-electron chi connectivity index (χ0n) is 12.7. The fourth-order valence-electron chi connectivity index (χ4n) is 2.41. The zero-order chi connectivity index (χ0) is 13.6. The van der Waals surface area contributed by atoms with Gasteiger partial charge in [-0.15, -0.1) is 6.58 Å². The number of likely N-dealkylation sites (N-methyl/N-ethyl adjacent to an activating group) is 1. The molecule has 0 spiro atoms. The summed E-state index contributed by atoms with van der Waals surface area (Å²) in [5, 5.41) is 3.60. The summed E-state index contributed by atoms with van der Waals surface area (Å²) in [6.45, 7) is 12.1. The van der Waals surface area contributed by atoms with Crippen molar-refractivity contribution in [3.63, 3.8) is 0 Å². The maximum absolute atomic E-state index is 5.90. The normalized spacial score (nSPS) is 14.4. The minimum atomic E-state index is 0.388. The molecule has 0 heterocycles. The maximum Gasteiger partial charge on any atom is 0.0727 e. The Bertz CT molecular complexity index is 176. The van der Waals surface area contributed by atoms with Gasteiger partial charge in [-0.05, 0) is 39.2 Å². The molecule has 2 unspecified atom stereocenters. The van der Waals surface area contributed by atoms with Gasteiger partial charge in [-0.2, -0.15) is 0 Å². The summed E-state index contributed by atoms with van der Waals surface area (Å²) < 4.78 is 5.90. The van der Waals surface area contributed by atoms with Gasteiger partial charge >= 0.3 is 0 Å². The van der Waals surface area contributed by atoms with Crippen molar-refractivity contribution in [1.82, 2.24) is 5.32 Å². The monoisotopic (exact) mass is 255 g/mol. The molecule has 108 valence electrons. The van der Waals surface area contributed by atoms with Crippen LogP contribution in [0.1, 0.15) is 65.7 Å². The molecule has 2 heteroatoms. The molecule has 0 amide bonds. The summed E-state index contributed by atoms with van der Waals surface area (Å²) >= 11 is 0. The summed E-state index contributed by atoms with van der Waals surface area (Å²) in [4.78, 5) is 0. The fraction of sp³-hybridized carbons (Fsp3) is 0.875. The third kappa shape index (κ3) is 8.71. The van der Waals surface area contributed by atoms with Gasteiger partial charge in [0.05, 0.1) is 6.10 Å². The van der Waals surface area contributed by atoms with E-state index in [1.54, 1.807) is 0 Å². The van der Waals surface area contributed by atoms with Crippen molar-refractivity contribution in [2.75, 3.05) is 13.2 Å². The Morgan fingerprint density at radius 3 is 2.44 bits per heavy atom. The average Bonchev–Trinajstić information content (AvgIpc) is 2.37. The number of ether oxygens (including phenoxy) is 1. The highest BCUT2D eigenvalue weighted by molar-refractivity contribution is 4.77. The second kappa shape index (κ2) is 13.1. The van der Waals surface area contributed by atoms with Crippen molar-refractivity contribution >= 4 is 0 Å². The van der Waals surface area contributed by atoms with Crippen LogP contribution in [0.25, 0.3) is 0 Å². The molecule has 0 fully saturated rings. The van der Waals surface area contributed by atoms with Gasteiger partial charge < -0.3 is 10.1 Å². The number of rotatable bonds is 13. The first-order chi connectivity index (χ1) is 8.79. The van der Waals surface area contributed by atoms with Gasteiger partial charge in [-0.25, -0.2) is 0 Å². The first kappa shape index (κ1) is 17.7. The van der Waals surface area contributed by atoms with Crippen molar-refractivity contribution in [3.05, 3.63) is 12.7 Å². The van der Waals surface area contributed by atoms with E-state index in [1.807, 2.05) is 6.08 Å². The van der Waals surface area contributed by atoms with E-state index in [2.05, 4.69) is 32.7 Å². The molecule has 2 nitrogen and oxygen atoms in total. The first-order valence-corrected chi connectivity index (χ1v) is 7.75. The number of hydrogen-bond acceptors (Lipinski definition) is 2. The van der Waals surface area contributed by atoms with Crippen molar-refractivity contribution in [1.29, 1.82) is 0 Å². The molecule has 0 saturated heterocycles. The van der Waals surface area contributed by atoms with Crippen molar-refractivity contribution in [2.45, 2.75) is 77.9 Å². The Morgan fingerprint density at radius 1 is 1.11 bits per heavy atom. The zero-order valence-corrected chi connectivity index (χ0v) is 12.7. The Morgan fingerprint density at radius 2 is 1.89 bits per heavy atom. The molecule has 0 aliphatic rings. The van der Waals surface area contributed by atoms with Gasteiger partial charge in [0.15, 0.2) is 0 Å². The van der Waals surface area contributed by atoms with Gasteiger partial charge in [-0.1, -0.05) is 39.2 Å². The van der Waals surface area contributed by atoms with Crippen molar-refractivity contribution < 1.29 is 4.74 Å². The highest BCUT2D eigenvalue weighted by Crippen LogP contribution is 2.14. The van der Waals surface area contributed by atoms with Crippen LogP contribution in [-0.2, 0) is 4.74 Å². The molecule has 0 radical (unpaired) electrons. The molecule has 18 heavy (non-hydrogen) atoms. The molecule has 0 aliphatic heterocycles. The SMILES string of the molecule is C=CCCCCCC(NCC)C(CCC)OCC. The summed E-state index contributed by atoms with van der Waals surface area (Å²) in [5.74, 6) is 0. The Balaban J connectivity index is 4.02. The predicted octanol–water partition coefficient (Wildman–Crippen LogP) is 4.31. The van der Waals surface area contributed by atoms with Crippen LogP contribution in [0, 0.1) is 0 Å². The minimum Gasteiger partial charge on any atom is -0.377 e. The van der Waals surface area contributed by atoms with E-state index in [9.17, 15) is 0 Å². The molecule has 0 rings (SSSR count). The Hall–Kier alpha value is -0.340. The molecule has 1 N–H and O–H groups in total. The van der Waals surface area contributed by atoms with Crippen LogP contribution < -0.4 is 5.32 Å². The van der Waals surface area contributed by atoms with Crippen LogP contribution in [0.4, 0.5) is 0 Å². The smallest absolute Gasteiger partial charge is 0.0727 e. The quantitative estimate of drug-likeness (QED) is 0.391. The van der Waals surface area contributed by atoms with Crippen LogP contribution >= 0.6 is 0 Å². The van der Waals surface area contributed by atoms with E-state index in [0.29, 0.717) is 12.1 Å². The number of unbranched alkanes of at least 4 members (excludes halogenated alkanes) is 3. The van der Waals surface area contributed by atoms with Crippen molar-refractivity contribution in [3.8, 4) is 0 Å². The van der Waals surface area contributed by atoms with E-state index < -0.39 is 0 Å². The largest absolute Gasteiger partial charge is 0.377 e. The first-order valence-electron chi connectivity index (χ1n) is 7.75. The van der Waals surface area contributed by atoms with E-state index in [1.165, 1.54) is 32.1 Å². The van der Waals surface area contributed by atoms with Crippen LogP contribution in [0.15, 0.2) is 12.7 Å².